The van der Waals surface area contributed by atoms with Crippen molar-refractivity contribution in [1.82, 2.24) is 14.6 Å². The molecule has 2 aromatic rings. The van der Waals surface area contributed by atoms with Gasteiger partial charge in [0, 0.05) is 6.07 Å². The standard InChI is InChI=1S/C6H5N3O/c1-4-5(10)2-6-8-7-3-9(4)6/h2-3,10H,1H2. The third-order valence-corrected chi connectivity index (χ3v) is 1.43. The van der Waals surface area contributed by atoms with E-state index in [0.29, 0.717) is 11.0 Å². The summed E-state index contributed by atoms with van der Waals surface area (Å²) in [7, 11) is 0. The van der Waals surface area contributed by atoms with Gasteiger partial charge in [0.2, 0.25) is 0 Å². The first-order valence-electron chi connectivity index (χ1n) is 2.79. The zero-order chi connectivity index (χ0) is 7.14. The number of hydrogen-bond acceptors (Lipinski definition) is 3. The molecule has 0 amide bonds. The maximum absolute atomic E-state index is 9.08. The van der Waals surface area contributed by atoms with Gasteiger partial charge >= 0.3 is 0 Å². The van der Waals surface area contributed by atoms with Crippen LogP contribution in [0.1, 0.15) is 0 Å². The quantitative estimate of drug-likeness (QED) is 0.533. The number of fused-ring (bicyclic) bond motifs is 1. The molecular formula is C6H5N3O. The summed E-state index contributed by atoms with van der Waals surface area (Å²) >= 11 is 0. The molecule has 4 heteroatoms. The van der Waals surface area contributed by atoms with Crippen LogP contribution in [0.2, 0.25) is 0 Å². The highest BCUT2D eigenvalue weighted by atomic mass is 16.3. The summed E-state index contributed by atoms with van der Waals surface area (Å²) in [5.74, 6) is 0.157. The Hall–Kier alpha value is -1.58. The molecule has 0 saturated heterocycles. The van der Waals surface area contributed by atoms with E-state index >= 15 is 0 Å². The lowest BCUT2D eigenvalue weighted by Crippen LogP contribution is -2.02. The molecule has 0 saturated carbocycles. The average Bonchev–Trinajstić information content (AvgIpc) is 2.41. The van der Waals surface area contributed by atoms with Crippen LogP contribution < -0.4 is 5.35 Å². The zero-order valence-corrected chi connectivity index (χ0v) is 5.15. The fourth-order valence-corrected chi connectivity index (χ4v) is 0.879. The van der Waals surface area contributed by atoms with Gasteiger partial charge < -0.3 is 5.11 Å². The summed E-state index contributed by atoms with van der Waals surface area (Å²) in [6.45, 7) is 3.61. The molecule has 0 aliphatic carbocycles. The smallest absolute Gasteiger partial charge is 0.164 e. The second-order valence-electron chi connectivity index (χ2n) is 2.04. The molecule has 0 fully saturated rings. The van der Waals surface area contributed by atoms with Gasteiger partial charge in [-0.3, -0.25) is 4.40 Å². The average molecular weight is 135 g/mol. The van der Waals surface area contributed by atoms with Crippen molar-refractivity contribution in [3.05, 3.63) is 17.7 Å². The first-order chi connectivity index (χ1) is 4.79. The van der Waals surface area contributed by atoms with Crippen LogP contribution in [-0.2, 0) is 0 Å². The normalized spacial score (nSPS) is 10.8. The Bertz CT molecular complexity index is 406. The Morgan fingerprint density at radius 1 is 1.60 bits per heavy atom. The van der Waals surface area contributed by atoms with E-state index in [1.807, 2.05) is 0 Å². The van der Waals surface area contributed by atoms with Gasteiger partial charge in [-0.25, -0.2) is 0 Å². The molecule has 0 spiro atoms. The Labute approximate surface area is 56.4 Å². The fraction of sp³-hybridized carbons (Fsp3) is 0. The van der Waals surface area contributed by atoms with Crippen molar-refractivity contribution < 1.29 is 5.11 Å². The van der Waals surface area contributed by atoms with Gasteiger partial charge in [-0.05, 0) is 0 Å². The van der Waals surface area contributed by atoms with Gasteiger partial charge in [-0.1, -0.05) is 6.58 Å². The molecule has 2 rings (SSSR count). The number of hydrogen-bond donors (Lipinski definition) is 1. The molecule has 1 N–H and O–H groups in total. The highest BCUT2D eigenvalue weighted by molar-refractivity contribution is 5.45. The predicted octanol–water partition coefficient (Wildman–Crippen LogP) is -0.436. The highest BCUT2D eigenvalue weighted by Crippen LogP contribution is 2.04. The minimum absolute atomic E-state index is 0.157. The minimum atomic E-state index is 0.157. The molecular weight excluding hydrogens is 130 g/mol. The van der Waals surface area contributed by atoms with E-state index in [2.05, 4.69) is 16.8 Å². The van der Waals surface area contributed by atoms with Crippen molar-refractivity contribution in [2.45, 2.75) is 0 Å². The topological polar surface area (TPSA) is 50.4 Å². The lowest BCUT2D eigenvalue weighted by atomic mass is 10.5. The summed E-state index contributed by atoms with van der Waals surface area (Å²) in [6, 6.07) is 1.52. The number of nitrogens with zero attached hydrogens (tertiary/aromatic N) is 3. The maximum Gasteiger partial charge on any atom is 0.164 e. The Kier molecular flexibility index (Phi) is 0.768. The Morgan fingerprint density at radius 2 is 2.40 bits per heavy atom. The third kappa shape index (κ3) is 0.452. The maximum atomic E-state index is 9.08. The molecule has 0 aliphatic heterocycles. The second kappa shape index (κ2) is 1.47. The van der Waals surface area contributed by atoms with Crippen molar-refractivity contribution in [3.8, 4) is 5.75 Å². The third-order valence-electron chi connectivity index (χ3n) is 1.43. The molecule has 0 aromatic carbocycles. The molecule has 0 bridgehead atoms. The molecule has 0 aliphatic rings. The van der Waals surface area contributed by atoms with Crippen LogP contribution in [-0.4, -0.2) is 19.7 Å². The van der Waals surface area contributed by atoms with Gasteiger partial charge in [-0.2, -0.15) is 0 Å². The van der Waals surface area contributed by atoms with Gasteiger partial charge in [0.15, 0.2) is 5.65 Å². The summed E-state index contributed by atoms with van der Waals surface area (Å²) in [4.78, 5) is 0. The largest absolute Gasteiger partial charge is 0.506 e. The summed E-state index contributed by atoms with van der Waals surface area (Å²) < 4.78 is 1.62. The number of aromatic hydroxyl groups is 1. The van der Waals surface area contributed by atoms with Crippen molar-refractivity contribution >= 4 is 12.2 Å². The first-order valence-corrected chi connectivity index (χ1v) is 2.79. The van der Waals surface area contributed by atoms with Gasteiger partial charge in [0.1, 0.15) is 12.1 Å². The highest BCUT2D eigenvalue weighted by Gasteiger charge is 2.00. The van der Waals surface area contributed by atoms with Crippen LogP contribution in [0.5, 0.6) is 5.75 Å². The summed E-state index contributed by atoms with van der Waals surface area (Å²) in [5.41, 5.74) is 0.627. The first kappa shape index (κ1) is 5.22. The summed E-state index contributed by atoms with van der Waals surface area (Å²) in [6.07, 6.45) is 1.51. The number of rotatable bonds is 0. The van der Waals surface area contributed by atoms with Crippen LogP contribution in [0, 0.1) is 0 Å². The molecule has 10 heavy (non-hydrogen) atoms. The van der Waals surface area contributed by atoms with Gasteiger partial charge in [-0.15, -0.1) is 10.2 Å². The van der Waals surface area contributed by atoms with Crippen LogP contribution in [0.3, 0.4) is 0 Å². The van der Waals surface area contributed by atoms with Crippen molar-refractivity contribution in [1.29, 1.82) is 0 Å². The van der Waals surface area contributed by atoms with E-state index < -0.39 is 0 Å². The molecule has 4 nitrogen and oxygen atoms in total. The molecule has 2 aromatic heterocycles. The monoisotopic (exact) mass is 135 g/mol. The van der Waals surface area contributed by atoms with Crippen molar-refractivity contribution in [3.63, 3.8) is 0 Å². The van der Waals surface area contributed by atoms with E-state index in [1.54, 1.807) is 4.40 Å². The van der Waals surface area contributed by atoms with E-state index in [0.717, 1.165) is 0 Å². The lowest BCUT2D eigenvalue weighted by molar-refractivity contribution is 0.471. The number of aromatic nitrogens is 3. The van der Waals surface area contributed by atoms with E-state index in [9.17, 15) is 0 Å². The van der Waals surface area contributed by atoms with E-state index in [-0.39, 0.29) is 5.75 Å². The van der Waals surface area contributed by atoms with Crippen molar-refractivity contribution in [2.24, 2.45) is 0 Å². The molecule has 0 atom stereocenters. The zero-order valence-electron chi connectivity index (χ0n) is 5.15. The van der Waals surface area contributed by atoms with E-state index in [1.165, 1.54) is 12.4 Å². The lowest BCUT2D eigenvalue weighted by Gasteiger charge is -1.78. The van der Waals surface area contributed by atoms with E-state index in [4.69, 9.17) is 5.11 Å². The molecule has 0 unspecified atom stereocenters. The minimum Gasteiger partial charge on any atom is -0.506 e. The second-order valence-corrected chi connectivity index (χ2v) is 2.04. The van der Waals surface area contributed by atoms with Crippen molar-refractivity contribution in [2.75, 3.05) is 0 Å². The fourth-order valence-electron chi connectivity index (χ4n) is 0.879. The summed E-state index contributed by atoms with van der Waals surface area (Å²) in [5, 5.41) is 16.9. The van der Waals surface area contributed by atoms with Crippen LogP contribution in [0.25, 0.3) is 12.2 Å². The molecule has 0 radical (unpaired) electrons. The van der Waals surface area contributed by atoms with Gasteiger partial charge in [0.25, 0.3) is 0 Å². The van der Waals surface area contributed by atoms with Crippen LogP contribution in [0.15, 0.2) is 12.4 Å². The Morgan fingerprint density at radius 3 is 3.10 bits per heavy atom. The molecule has 2 heterocycles. The SMILES string of the molecule is C=c1c(O)cc2nncn12. The predicted molar refractivity (Wildman–Crippen MR) is 35.4 cm³/mol. The van der Waals surface area contributed by atoms with Gasteiger partial charge in [0.05, 0.1) is 5.35 Å². The van der Waals surface area contributed by atoms with Crippen LogP contribution in [0.4, 0.5) is 0 Å². The molecule has 50 valence electrons. The Balaban J connectivity index is 3.09. The van der Waals surface area contributed by atoms with Crippen LogP contribution >= 0.6 is 0 Å².